The number of amides is 4. The fraction of sp³-hybridized carbons (Fsp3) is 0.278. The summed E-state index contributed by atoms with van der Waals surface area (Å²) in [6, 6.07) is 14.7. The first-order valence-corrected chi connectivity index (χ1v) is 16.9. The highest BCUT2D eigenvalue weighted by Crippen LogP contribution is 2.63. The number of phenols is 1. The normalized spacial score (nSPS) is 29.2. The van der Waals surface area contributed by atoms with Crippen molar-refractivity contribution in [2.24, 2.45) is 23.7 Å². The Morgan fingerprint density at radius 3 is 2.08 bits per heavy atom. The predicted octanol–water partition coefficient (Wildman–Crippen LogP) is 6.62. The summed E-state index contributed by atoms with van der Waals surface area (Å²) in [6.45, 7) is 0. The number of carbonyl (C=O) groups excluding carboxylic acids is 4. The molecule has 3 aromatic carbocycles. The summed E-state index contributed by atoms with van der Waals surface area (Å²) in [7, 11) is 2.77. The summed E-state index contributed by atoms with van der Waals surface area (Å²) >= 11 is 18.1. The second-order valence-electron chi connectivity index (χ2n) is 12.4. The summed E-state index contributed by atoms with van der Waals surface area (Å²) in [5.41, 5.74) is 1.61. The molecule has 2 aliphatic heterocycles. The smallest absolute Gasteiger partial charge is 0.258 e. The molecule has 252 valence electrons. The van der Waals surface area contributed by atoms with Crippen LogP contribution < -0.4 is 19.3 Å². The number of rotatable bonds is 6. The molecule has 7 rings (SSSR count). The molecule has 4 aliphatic rings. The van der Waals surface area contributed by atoms with Gasteiger partial charge in [0, 0.05) is 10.4 Å². The van der Waals surface area contributed by atoms with Crippen molar-refractivity contribution in [2.45, 2.75) is 22.6 Å². The molecule has 49 heavy (non-hydrogen) atoms. The summed E-state index contributed by atoms with van der Waals surface area (Å²) in [4.78, 5) is 54.7. The van der Waals surface area contributed by atoms with Crippen LogP contribution >= 0.6 is 39.1 Å². The van der Waals surface area contributed by atoms with E-state index in [0.717, 1.165) is 21.5 Å². The van der Waals surface area contributed by atoms with Crippen molar-refractivity contribution >= 4 is 80.2 Å². The number of fused-ring (bicyclic) bond motifs is 4. The number of aromatic hydroxyl groups is 1. The van der Waals surface area contributed by atoms with Crippen molar-refractivity contribution in [1.29, 1.82) is 0 Å². The first-order chi connectivity index (χ1) is 23.3. The number of hydrogen-bond donors (Lipinski definition) is 1. The zero-order chi connectivity index (χ0) is 35.0. The summed E-state index contributed by atoms with van der Waals surface area (Å²) in [5.74, 6) is -6.29. The van der Waals surface area contributed by atoms with Crippen LogP contribution in [0.4, 0.5) is 15.8 Å². The zero-order valence-corrected chi connectivity index (χ0v) is 29.1. The molecule has 1 saturated carbocycles. The molecule has 13 heteroatoms. The van der Waals surface area contributed by atoms with Crippen LogP contribution in [0.5, 0.6) is 17.2 Å². The van der Waals surface area contributed by atoms with Gasteiger partial charge >= 0.3 is 0 Å². The van der Waals surface area contributed by atoms with Gasteiger partial charge in [-0.1, -0.05) is 39.7 Å². The summed E-state index contributed by atoms with van der Waals surface area (Å²) in [5, 5.41) is 10.5. The van der Waals surface area contributed by atoms with E-state index in [0.29, 0.717) is 16.8 Å². The lowest BCUT2D eigenvalue weighted by Crippen LogP contribution is -2.60. The maximum absolute atomic E-state index is 14.4. The van der Waals surface area contributed by atoms with E-state index in [1.54, 1.807) is 48.6 Å². The van der Waals surface area contributed by atoms with Gasteiger partial charge in [-0.3, -0.25) is 24.1 Å². The number of nitrogens with zero attached hydrogens (tertiary/aromatic N) is 2. The quantitative estimate of drug-likeness (QED) is 0.170. The fourth-order valence-electron chi connectivity index (χ4n) is 7.71. The molecule has 9 nitrogen and oxygen atoms in total. The minimum atomic E-state index is -2.08. The Kier molecular flexibility index (Phi) is 8.16. The lowest BCUT2D eigenvalue weighted by Gasteiger charge is -2.49. The van der Waals surface area contributed by atoms with E-state index < -0.39 is 57.0 Å². The molecule has 0 spiro atoms. The number of alkyl halides is 2. The molecule has 0 aromatic heterocycles. The third-order valence-electron chi connectivity index (χ3n) is 10.0. The molecule has 0 unspecified atom stereocenters. The van der Waals surface area contributed by atoms with Crippen molar-refractivity contribution < 1.29 is 38.1 Å². The van der Waals surface area contributed by atoms with Crippen LogP contribution in [0, 0.1) is 29.5 Å². The van der Waals surface area contributed by atoms with Gasteiger partial charge in [-0.15, -0.1) is 23.2 Å². The molecule has 1 N–H and O–H groups in total. The van der Waals surface area contributed by atoms with Crippen LogP contribution in [0.25, 0.3) is 6.08 Å². The van der Waals surface area contributed by atoms with E-state index in [9.17, 15) is 28.7 Å². The SMILES string of the molecule is COc1cc(C=C[C@H]2C3=CC[C@@H]4C(=O)N(c5ccc(Br)cc5)C(=O)[C@@H]4[C@@H]3C[C@@]3(Cl)C(=O)N(c4ccc(F)cc4)C(=O)[C@@]23Cl)cc(OC)c1O. The molecule has 2 aliphatic carbocycles. The molecule has 0 bridgehead atoms. The molecule has 0 radical (unpaired) electrons. The molecular weight excluding hydrogens is 742 g/mol. The number of phenolic OH excluding ortho intramolecular Hbond substituents is 1. The monoisotopic (exact) mass is 768 g/mol. The molecule has 6 atom stereocenters. The maximum atomic E-state index is 14.4. The van der Waals surface area contributed by atoms with Gasteiger partial charge in [0.1, 0.15) is 5.82 Å². The second-order valence-corrected chi connectivity index (χ2v) is 14.6. The highest BCUT2D eigenvalue weighted by atomic mass is 79.9. The van der Waals surface area contributed by atoms with E-state index >= 15 is 0 Å². The van der Waals surface area contributed by atoms with Crippen molar-refractivity contribution in [3.8, 4) is 17.2 Å². The topological polar surface area (TPSA) is 113 Å². The Labute approximate surface area is 299 Å². The lowest BCUT2D eigenvalue weighted by atomic mass is 9.57. The molecular formula is C36H28BrCl2FN2O7. The number of imide groups is 2. The zero-order valence-electron chi connectivity index (χ0n) is 26.0. The van der Waals surface area contributed by atoms with Crippen molar-refractivity contribution in [1.82, 2.24) is 0 Å². The average molecular weight is 770 g/mol. The number of halogens is 4. The van der Waals surface area contributed by atoms with Gasteiger partial charge in [-0.25, -0.2) is 9.29 Å². The summed E-state index contributed by atoms with van der Waals surface area (Å²) in [6.07, 6.45) is 5.10. The van der Waals surface area contributed by atoms with E-state index in [4.69, 9.17) is 32.7 Å². The van der Waals surface area contributed by atoms with Crippen LogP contribution in [0.3, 0.4) is 0 Å². The number of carbonyl (C=O) groups is 4. The van der Waals surface area contributed by atoms with Crippen molar-refractivity contribution in [2.75, 3.05) is 24.0 Å². The lowest BCUT2D eigenvalue weighted by molar-refractivity contribution is -0.125. The van der Waals surface area contributed by atoms with Crippen LogP contribution in [-0.2, 0) is 19.2 Å². The van der Waals surface area contributed by atoms with Gasteiger partial charge in [-0.05, 0) is 85.0 Å². The number of hydrogen-bond acceptors (Lipinski definition) is 7. The number of methoxy groups -OCH3 is 2. The van der Waals surface area contributed by atoms with E-state index in [1.807, 2.05) is 6.08 Å². The summed E-state index contributed by atoms with van der Waals surface area (Å²) < 4.78 is 25.3. The van der Waals surface area contributed by atoms with Gasteiger partial charge in [0.15, 0.2) is 21.2 Å². The Balaban J connectivity index is 1.37. The first kappa shape index (κ1) is 33.3. The van der Waals surface area contributed by atoms with Crippen LogP contribution in [0.2, 0.25) is 0 Å². The first-order valence-electron chi connectivity index (χ1n) is 15.3. The average Bonchev–Trinajstić information content (AvgIpc) is 3.43. The molecule has 3 fully saturated rings. The number of anilines is 2. The molecule has 2 heterocycles. The largest absolute Gasteiger partial charge is 0.502 e. The third-order valence-corrected chi connectivity index (χ3v) is 12.0. The van der Waals surface area contributed by atoms with Crippen LogP contribution in [-0.4, -0.2) is 52.7 Å². The predicted molar refractivity (Wildman–Crippen MR) is 184 cm³/mol. The fourth-order valence-corrected chi connectivity index (χ4v) is 8.86. The standard InChI is InChI=1S/C36H28BrCl2FN2O7/c1-48-27-15-18(16-28(49-2)30(27)43)3-14-26-23-12-13-24-29(32(45)41(31(24)44)21-8-4-19(37)5-9-21)25(23)17-35(38)33(46)42(34(47)36(26,35)39)22-10-6-20(40)7-11-22/h3-12,14-16,24-26,29,43H,13,17H2,1-2H3/t24-,25+,26-,29-,35+,36-/m0/s1. The minimum Gasteiger partial charge on any atom is -0.502 e. The van der Waals surface area contributed by atoms with Crippen molar-refractivity contribution in [3.05, 3.63) is 94.2 Å². The Bertz CT molecular complexity index is 1960. The van der Waals surface area contributed by atoms with E-state index in [-0.39, 0.29) is 41.7 Å². The van der Waals surface area contributed by atoms with Gasteiger partial charge in [0.25, 0.3) is 11.8 Å². The van der Waals surface area contributed by atoms with Gasteiger partial charge in [0.2, 0.25) is 17.6 Å². The van der Waals surface area contributed by atoms with Crippen LogP contribution in [0.15, 0.2) is 82.9 Å². The second kappa shape index (κ2) is 12.0. The molecule has 4 amide bonds. The maximum Gasteiger partial charge on any atom is 0.258 e. The highest BCUT2D eigenvalue weighted by molar-refractivity contribution is 9.10. The van der Waals surface area contributed by atoms with Gasteiger partial charge in [0.05, 0.1) is 37.4 Å². The Hall–Kier alpha value is -4.19. The number of benzene rings is 3. The molecule has 2 saturated heterocycles. The molecule has 3 aromatic rings. The van der Waals surface area contributed by atoms with Gasteiger partial charge in [-0.2, -0.15) is 0 Å². The van der Waals surface area contributed by atoms with Gasteiger partial charge < -0.3 is 14.6 Å². The Morgan fingerprint density at radius 2 is 1.47 bits per heavy atom. The van der Waals surface area contributed by atoms with Crippen molar-refractivity contribution in [3.63, 3.8) is 0 Å². The Morgan fingerprint density at radius 1 is 0.878 bits per heavy atom. The van der Waals surface area contributed by atoms with E-state index in [1.165, 1.54) is 31.3 Å². The minimum absolute atomic E-state index is 0.0879. The number of allylic oxidation sites excluding steroid dienone is 3. The number of ether oxygens (including phenoxy) is 2. The third kappa shape index (κ3) is 4.84. The van der Waals surface area contributed by atoms with Crippen LogP contribution in [0.1, 0.15) is 18.4 Å². The van der Waals surface area contributed by atoms with E-state index in [2.05, 4.69) is 15.9 Å². The highest BCUT2D eigenvalue weighted by Gasteiger charge is 2.76.